The lowest BCUT2D eigenvalue weighted by Crippen LogP contribution is -2.46. The van der Waals surface area contributed by atoms with Crippen LogP contribution in [0.3, 0.4) is 0 Å². The summed E-state index contributed by atoms with van der Waals surface area (Å²) in [5.74, 6) is 0. The van der Waals surface area contributed by atoms with Crippen LogP contribution < -0.4 is 10.0 Å². The van der Waals surface area contributed by atoms with E-state index in [-0.39, 0.29) is 0 Å². The molecule has 6 heteroatoms. The first-order valence-corrected chi connectivity index (χ1v) is 8.62. The number of nitrogens with zero attached hydrogens (tertiary/aromatic N) is 1. The van der Waals surface area contributed by atoms with Gasteiger partial charge >= 0.3 is 0 Å². The minimum absolute atomic E-state index is 0.343. The summed E-state index contributed by atoms with van der Waals surface area (Å²) in [7, 11) is -3.38. The molecular weight excluding hydrogens is 274 g/mol. The highest BCUT2D eigenvalue weighted by molar-refractivity contribution is 7.89. The molecule has 5 nitrogen and oxygen atoms in total. The predicted octanol–water partition coefficient (Wildman–Crippen LogP) is 0.433. The largest absolute Gasteiger partial charge is 0.314 e. The predicted molar refractivity (Wildman–Crippen MR) is 80.3 cm³/mol. The van der Waals surface area contributed by atoms with E-state index in [9.17, 15) is 8.42 Å². The van der Waals surface area contributed by atoms with Crippen molar-refractivity contribution in [2.75, 3.05) is 39.3 Å². The smallest absolute Gasteiger partial charge is 0.240 e. The zero-order valence-electron chi connectivity index (χ0n) is 11.9. The molecule has 1 saturated heterocycles. The van der Waals surface area contributed by atoms with Crippen LogP contribution in [0.5, 0.6) is 0 Å². The summed E-state index contributed by atoms with van der Waals surface area (Å²) in [6.45, 7) is 7.18. The molecule has 2 N–H and O–H groups in total. The molecule has 0 amide bonds. The standard InChI is InChI=1S/C14H23N3O2S/c1-2-13-3-5-14(6-4-13)20(18,19)16-9-12-17-10-7-15-8-11-17/h3-6,15-16H,2,7-12H2,1H3. The average Bonchev–Trinajstić information content (AvgIpc) is 2.48. The lowest BCUT2D eigenvalue weighted by molar-refractivity contribution is 0.245. The second-order valence-corrected chi connectivity index (χ2v) is 6.75. The molecule has 1 aliphatic rings. The Bertz CT molecular complexity index is 508. The quantitative estimate of drug-likeness (QED) is 0.799. The van der Waals surface area contributed by atoms with Gasteiger partial charge in [-0.05, 0) is 24.1 Å². The normalized spacial score (nSPS) is 17.2. The fourth-order valence-electron chi connectivity index (χ4n) is 2.26. The third-order valence-corrected chi connectivity index (χ3v) is 5.05. The monoisotopic (exact) mass is 297 g/mol. The van der Waals surface area contributed by atoms with E-state index in [1.54, 1.807) is 12.1 Å². The molecule has 0 aliphatic carbocycles. The van der Waals surface area contributed by atoms with Gasteiger partial charge in [-0.1, -0.05) is 19.1 Å². The van der Waals surface area contributed by atoms with E-state index in [0.29, 0.717) is 11.4 Å². The van der Waals surface area contributed by atoms with E-state index in [2.05, 4.69) is 21.9 Å². The molecule has 0 spiro atoms. The molecule has 0 saturated carbocycles. The van der Waals surface area contributed by atoms with Crippen molar-refractivity contribution < 1.29 is 8.42 Å². The molecule has 1 aromatic rings. The maximum atomic E-state index is 12.1. The number of nitrogens with one attached hydrogen (secondary N) is 2. The van der Waals surface area contributed by atoms with Crippen molar-refractivity contribution in [1.29, 1.82) is 0 Å². The molecule has 1 fully saturated rings. The summed E-state index contributed by atoms with van der Waals surface area (Å²) in [5, 5.41) is 3.28. The van der Waals surface area contributed by atoms with Crippen molar-refractivity contribution in [3.05, 3.63) is 29.8 Å². The van der Waals surface area contributed by atoms with Gasteiger partial charge in [0.2, 0.25) is 10.0 Å². The number of piperazine rings is 1. The third kappa shape index (κ3) is 4.28. The second kappa shape index (κ2) is 7.17. The van der Waals surface area contributed by atoms with E-state index in [0.717, 1.165) is 44.7 Å². The molecule has 1 aromatic carbocycles. The Balaban J connectivity index is 1.86. The van der Waals surface area contributed by atoms with Crippen LogP contribution in [0.2, 0.25) is 0 Å². The van der Waals surface area contributed by atoms with Crippen LogP contribution in [-0.2, 0) is 16.4 Å². The number of sulfonamides is 1. The molecule has 2 rings (SSSR count). The van der Waals surface area contributed by atoms with E-state index < -0.39 is 10.0 Å². The molecule has 1 aliphatic heterocycles. The zero-order chi connectivity index (χ0) is 14.4. The average molecular weight is 297 g/mol. The Kier molecular flexibility index (Phi) is 5.54. The maximum Gasteiger partial charge on any atom is 0.240 e. The SMILES string of the molecule is CCc1ccc(S(=O)(=O)NCCN2CCNCC2)cc1. The topological polar surface area (TPSA) is 61.4 Å². The van der Waals surface area contributed by atoms with Gasteiger partial charge in [0, 0.05) is 39.3 Å². The zero-order valence-corrected chi connectivity index (χ0v) is 12.7. The molecular formula is C14H23N3O2S. The van der Waals surface area contributed by atoms with Crippen LogP contribution >= 0.6 is 0 Å². The molecule has 0 bridgehead atoms. The van der Waals surface area contributed by atoms with Crippen LogP contribution in [-0.4, -0.2) is 52.6 Å². The highest BCUT2D eigenvalue weighted by Crippen LogP contribution is 2.10. The number of hydrogen-bond acceptors (Lipinski definition) is 4. The second-order valence-electron chi connectivity index (χ2n) is 4.99. The van der Waals surface area contributed by atoms with Crippen LogP contribution in [0.25, 0.3) is 0 Å². The summed E-state index contributed by atoms with van der Waals surface area (Å²) in [4.78, 5) is 2.61. The first-order chi connectivity index (χ1) is 9.62. The first kappa shape index (κ1) is 15.4. The maximum absolute atomic E-state index is 12.1. The van der Waals surface area contributed by atoms with Crippen LogP contribution in [0, 0.1) is 0 Å². The van der Waals surface area contributed by atoms with Gasteiger partial charge in [0.1, 0.15) is 0 Å². The Morgan fingerprint density at radius 2 is 1.85 bits per heavy atom. The molecule has 0 aromatic heterocycles. The van der Waals surface area contributed by atoms with Crippen molar-refractivity contribution in [2.45, 2.75) is 18.2 Å². The first-order valence-electron chi connectivity index (χ1n) is 7.13. The fraction of sp³-hybridized carbons (Fsp3) is 0.571. The van der Waals surface area contributed by atoms with Crippen molar-refractivity contribution >= 4 is 10.0 Å². The number of hydrogen-bond donors (Lipinski definition) is 2. The van der Waals surface area contributed by atoms with Gasteiger partial charge in [-0.2, -0.15) is 0 Å². The minimum Gasteiger partial charge on any atom is -0.314 e. The van der Waals surface area contributed by atoms with Gasteiger partial charge in [-0.15, -0.1) is 0 Å². The van der Waals surface area contributed by atoms with E-state index in [1.807, 2.05) is 12.1 Å². The minimum atomic E-state index is -3.38. The third-order valence-electron chi connectivity index (χ3n) is 3.57. The highest BCUT2D eigenvalue weighted by Gasteiger charge is 2.14. The Morgan fingerprint density at radius 3 is 2.45 bits per heavy atom. The van der Waals surface area contributed by atoms with Gasteiger partial charge < -0.3 is 5.32 Å². The van der Waals surface area contributed by atoms with E-state index >= 15 is 0 Å². The molecule has 0 radical (unpaired) electrons. The van der Waals surface area contributed by atoms with Crippen LogP contribution in [0.4, 0.5) is 0 Å². The van der Waals surface area contributed by atoms with Crippen molar-refractivity contribution in [2.24, 2.45) is 0 Å². The number of aryl methyl sites for hydroxylation is 1. The van der Waals surface area contributed by atoms with Gasteiger partial charge in [0.25, 0.3) is 0 Å². The summed E-state index contributed by atoms with van der Waals surface area (Å²) < 4.78 is 26.9. The summed E-state index contributed by atoms with van der Waals surface area (Å²) in [5.41, 5.74) is 1.14. The number of benzene rings is 1. The lowest BCUT2D eigenvalue weighted by Gasteiger charge is -2.27. The molecule has 1 heterocycles. The van der Waals surface area contributed by atoms with Crippen molar-refractivity contribution in [1.82, 2.24) is 14.9 Å². The molecule has 0 atom stereocenters. The Labute approximate surface area is 121 Å². The van der Waals surface area contributed by atoms with Gasteiger partial charge in [0.05, 0.1) is 4.90 Å². The Hall–Kier alpha value is -0.950. The Morgan fingerprint density at radius 1 is 1.20 bits per heavy atom. The van der Waals surface area contributed by atoms with Crippen molar-refractivity contribution in [3.8, 4) is 0 Å². The lowest BCUT2D eigenvalue weighted by atomic mass is 10.2. The summed E-state index contributed by atoms with van der Waals surface area (Å²) >= 11 is 0. The molecule has 0 unspecified atom stereocenters. The van der Waals surface area contributed by atoms with E-state index in [1.165, 1.54) is 0 Å². The van der Waals surface area contributed by atoms with Gasteiger partial charge in [-0.3, -0.25) is 4.90 Å². The number of rotatable bonds is 6. The van der Waals surface area contributed by atoms with Crippen LogP contribution in [0.15, 0.2) is 29.2 Å². The van der Waals surface area contributed by atoms with Crippen molar-refractivity contribution in [3.63, 3.8) is 0 Å². The van der Waals surface area contributed by atoms with E-state index in [4.69, 9.17) is 0 Å². The van der Waals surface area contributed by atoms with Gasteiger partial charge in [0.15, 0.2) is 0 Å². The molecule has 20 heavy (non-hydrogen) atoms. The fourth-order valence-corrected chi connectivity index (χ4v) is 3.28. The molecule has 112 valence electrons. The highest BCUT2D eigenvalue weighted by atomic mass is 32.2. The van der Waals surface area contributed by atoms with Gasteiger partial charge in [-0.25, -0.2) is 13.1 Å². The summed E-state index contributed by atoms with van der Waals surface area (Å²) in [6.07, 6.45) is 0.913. The van der Waals surface area contributed by atoms with Crippen LogP contribution in [0.1, 0.15) is 12.5 Å². The summed E-state index contributed by atoms with van der Waals surface area (Å²) in [6, 6.07) is 7.08.